The molecule has 3 nitrogen and oxygen atoms in total. The molecule has 0 bridgehead atoms. The van der Waals surface area contributed by atoms with Gasteiger partial charge in [0.1, 0.15) is 0 Å². The third kappa shape index (κ3) is 1.56. The number of fused-ring (bicyclic) bond motifs is 1. The molecule has 3 rings (SSSR count). The lowest BCUT2D eigenvalue weighted by Crippen LogP contribution is -2.48. The molecule has 2 aliphatic rings. The average molecular weight is 216 g/mol. The van der Waals surface area contributed by atoms with E-state index in [9.17, 15) is 4.79 Å². The summed E-state index contributed by atoms with van der Waals surface area (Å²) in [5.74, 6) is 0. The van der Waals surface area contributed by atoms with E-state index in [2.05, 4.69) is 23.5 Å². The van der Waals surface area contributed by atoms with Crippen LogP contribution in [0.5, 0.6) is 0 Å². The maximum atomic E-state index is 11.8. The molecule has 1 aliphatic heterocycles. The summed E-state index contributed by atoms with van der Waals surface area (Å²) in [4.78, 5) is 13.7. The van der Waals surface area contributed by atoms with Crippen molar-refractivity contribution in [1.82, 2.24) is 10.2 Å². The molecule has 16 heavy (non-hydrogen) atoms. The second-order valence-electron chi connectivity index (χ2n) is 4.58. The summed E-state index contributed by atoms with van der Waals surface area (Å²) in [5, 5.41) is 3.12. The maximum Gasteiger partial charge on any atom is 0.317 e. The molecule has 1 N–H and O–H groups in total. The van der Waals surface area contributed by atoms with Gasteiger partial charge in [0.05, 0.1) is 6.04 Å². The molecular weight excluding hydrogens is 200 g/mol. The summed E-state index contributed by atoms with van der Waals surface area (Å²) in [5.41, 5.74) is 2.69. The number of hydrogen-bond acceptors (Lipinski definition) is 1. The summed E-state index contributed by atoms with van der Waals surface area (Å²) in [6.45, 7) is 1.83. The number of carbonyl (C=O) groups excluding carboxylic acids is 1. The van der Waals surface area contributed by atoms with Crippen LogP contribution in [0.3, 0.4) is 0 Å². The molecule has 1 fully saturated rings. The minimum atomic E-state index is 0.105. The molecule has 84 valence electrons. The normalized spacial score (nSPS) is 22.5. The van der Waals surface area contributed by atoms with Gasteiger partial charge >= 0.3 is 6.03 Å². The van der Waals surface area contributed by atoms with E-state index >= 15 is 0 Å². The van der Waals surface area contributed by atoms with Crippen LogP contribution < -0.4 is 5.32 Å². The van der Waals surface area contributed by atoms with Crippen LogP contribution in [-0.4, -0.2) is 24.0 Å². The number of nitrogens with one attached hydrogen (secondary N) is 1. The van der Waals surface area contributed by atoms with Gasteiger partial charge in [0.15, 0.2) is 0 Å². The predicted molar refractivity (Wildman–Crippen MR) is 62.2 cm³/mol. The summed E-state index contributed by atoms with van der Waals surface area (Å²) < 4.78 is 0. The lowest BCUT2D eigenvalue weighted by molar-refractivity contribution is 0.164. The Balaban J connectivity index is 1.70. The quantitative estimate of drug-likeness (QED) is 0.766. The third-order valence-corrected chi connectivity index (χ3v) is 3.57. The van der Waals surface area contributed by atoms with Gasteiger partial charge in [-0.05, 0) is 30.4 Å². The molecule has 0 radical (unpaired) electrons. The second kappa shape index (κ2) is 3.81. The summed E-state index contributed by atoms with van der Waals surface area (Å²) in [6.07, 6.45) is 3.27. The molecule has 1 aromatic rings. The van der Waals surface area contributed by atoms with Gasteiger partial charge < -0.3 is 10.2 Å². The fraction of sp³-hybridized carbons (Fsp3) is 0.462. The fourth-order valence-electron chi connectivity index (χ4n) is 2.47. The molecule has 1 atom stereocenters. The van der Waals surface area contributed by atoms with Crippen LogP contribution in [0.1, 0.15) is 30.0 Å². The molecular formula is C13H16N2O. The van der Waals surface area contributed by atoms with Crippen LogP contribution in [0.4, 0.5) is 4.79 Å². The van der Waals surface area contributed by atoms with Crippen molar-refractivity contribution in [2.45, 2.75) is 25.3 Å². The van der Waals surface area contributed by atoms with Crippen LogP contribution in [0.25, 0.3) is 0 Å². The Morgan fingerprint density at radius 2 is 2.12 bits per heavy atom. The van der Waals surface area contributed by atoms with Crippen LogP contribution in [0.15, 0.2) is 24.3 Å². The van der Waals surface area contributed by atoms with E-state index in [1.165, 1.54) is 11.1 Å². The van der Waals surface area contributed by atoms with Gasteiger partial charge in [-0.25, -0.2) is 4.79 Å². The lowest BCUT2D eigenvalue weighted by atomic mass is 10.1. The van der Waals surface area contributed by atoms with Crippen molar-refractivity contribution in [3.63, 3.8) is 0 Å². The van der Waals surface area contributed by atoms with E-state index in [1.54, 1.807) is 0 Å². The summed E-state index contributed by atoms with van der Waals surface area (Å²) in [6, 6.07) is 8.73. The number of carbonyl (C=O) groups is 1. The number of rotatable bonds is 1. The maximum absolute atomic E-state index is 11.8. The van der Waals surface area contributed by atoms with Crippen molar-refractivity contribution in [2.75, 3.05) is 13.1 Å². The van der Waals surface area contributed by atoms with Crippen molar-refractivity contribution in [3.8, 4) is 0 Å². The first-order valence-electron chi connectivity index (χ1n) is 5.98. The molecule has 1 aliphatic carbocycles. The molecule has 2 amide bonds. The Hall–Kier alpha value is -1.51. The van der Waals surface area contributed by atoms with E-state index in [0.717, 1.165) is 32.4 Å². The van der Waals surface area contributed by atoms with Gasteiger partial charge in [0.2, 0.25) is 0 Å². The number of urea groups is 1. The molecule has 1 unspecified atom stereocenters. The van der Waals surface area contributed by atoms with Crippen LogP contribution in [0.2, 0.25) is 0 Å². The number of amides is 2. The van der Waals surface area contributed by atoms with Crippen molar-refractivity contribution < 1.29 is 4.79 Å². The number of benzene rings is 1. The standard InChI is InChI=1S/C13H16N2O/c16-13(15-8-3-9-15)14-12-7-6-10-4-1-2-5-11(10)12/h1-2,4-5,12H,3,6-9H2,(H,14,16). The van der Waals surface area contributed by atoms with Crippen molar-refractivity contribution in [3.05, 3.63) is 35.4 Å². The molecule has 0 saturated carbocycles. The topological polar surface area (TPSA) is 32.3 Å². The van der Waals surface area contributed by atoms with Gasteiger partial charge in [-0.2, -0.15) is 0 Å². The lowest BCUT2D eigenvalue weighted by Gasteiger charge is -2.32. The van der Waals surface area contributed by atoms with Crippen molar-refractivity contribution in [2.24, 2.45) is 0 Å². The number of nitrogens with zero attached hydrogens (tertiary/aromatic N) is 1. The van der Waals surface area contributed by atoms with Crippen LogP contribution >= 0.6 is 0 Å². The molecule has 1 saturated heterocycles. The molecule has 1 aromatic carbocycles. The average Bonchev–Trinajstić information content (AvgIpc) is 2.59. The van der Waals surface area contributed by atoms with Crippen molar-refractivity contribution >= 4 is 6.03 Å². The number of aryl methyl sites for hydroxylation is 1. The zero-order chi connectivity index (χ0) is 11.0. The SMILES string of the molecule is O=C(NC1CCc2ccccc21)N1CCC1. The van der Waals surface area contributed by atoms with Gasteiger partial charge in [-0.15, -0.1) is 0 Å². The summed E-state index contributed by atoms with van der Waals surface area (Å²) >= 11 is 0. The first-order valence-corrected chi connectivity index (χ1v) is 5.98. The van der Waals surface area contributed by atoms with Crippen molar-refractivity contribution in [1.29, 1.82) is 0 Å². The largest absolute Gasteiger partial charge is 0.331 e. The molecule has 1 heterocycles. The molecule has 0 aromatic heterocycles. The molecule has 3 heteroatoms. The first kappa shape index (κ1) is 9.70. The highest BCUT2D eigenvalue weighted by atomic mass is 16.2. The highest BCUT2D eigenvalue weighted by molar-refractivity contribution is 5.75. The fourth-order valence-corrected chi connectivity index (χ4v) is 2.47. The highest BCUT2D eigenvalue weighted by Gasteiger charge is 2.27. The Bertz CT molecular complexity index is 412. The Morgan fingerprint density at radius 3 is 2.88 bits per heavy atom. The van der Waals surface area contributed by atoms with Crippen LogP contribution in [-0.2, 0) is 6.42 Å². The smallest absolute Gasteiger partial charge is 0.317 e. The Morgan fingerprint density at radius 1 is 1.31 bits per heavy atom. The Labute approximate surface area is 95.4 Å². The monoisotopic (exact) mass is 216 g/mol. The van der Waals surface area contributed by atoms with E-state index in [-0.39, 0.29) is 12.1 Å². The predicted octanol–water partition coefficient (Wildman–Crippen LogP) is 2.09. The van der Waals surface area contributed by atoms with E-state index < -0.39 is 0 Å². The first-order chi connectivity index (χ1) is 7.84. The van der Waals surface area contributed by atoms with Gasteiger partial charge in [-0.1, -0.05) is 24.3 Å². The molecule has 0 spiro atoms. The summed E-state index contributed by atoms with van der Waals surface area (Å²) in [7, 11) is 0. The zero-order valence-corrected chi connectivity index (χ0v) is 9.28. The van der Waals surface area contributed by atoms with E-state index in [0.29, 0.717) is 0 Å². The zero-order valence-electron chi connectivity index (χ0n) is 9.28. The van der Waals surface area contributed by atoms with Crippen LogP contribution in [0, 0.1) is 0 Å². The van der Waals surface area contributed by atoms with Gasteiger partial charge in [-0.3, -0.25) is 0 Å². The number of likely N-dealkylation sites (tertiary alicyclic amines) is 1. The Kier molecular flexibility index (Phi) is 2.31. The highest BCUT2D eigenvalue weighted by Crippen LogP contribution is 2.30. The number of hydrogen-bond donors (Lipinski definition) is 1. The third-order valence-electron chi connectivity index (χ3n) is 3.57. The van der Waals surface area contributed by atoms with Gasteiger partial charge in [0, 0.05) is 13.1 Å². The van der Waals surface area contributed by atoms with E-state index in [1.807, 2.05) is 11.0 Å². The van der Waals surface area contributed by atoms with E-state index in [4.69, 9.17) is 0 Å². The van der Waals surface area contributed by atoms with Gasteiger partial charge in [0.25, 0.3) is 0 Å². The minimum Gasteiger partial charge on any atom is -0.331 e. The second-order valence-corrected chi connectivity index (χ2v) is 4.58. The minimum absolute atomic E-state index is 0.105.